The van der Waals surface area contributed by atoms with Crippen LogP contribution in [0.15, 0.2) is 0 Å². The lowest BCUT2D eigenvalue weighted by molar-refractivity contribution is -0.142. The molecule has 15 heavy (non-hydrogen) atoms. The average Bonchev–Trinajstić information content (AvgIpc) is 2.29. The summed E-state index contributed by atoms with van der Waals surface area (Å²) >= 11 is 0. The molecule has 1 saturated heterocycles. The average molecular weight is 215 g/mol. The van der Waals surface area contributed by atoms with Gasteiger partial charge in [0.2, 0.25) is 0 Å². The SMILES string of the molecule is CC(C)(C)O[C@@H]1CNC[C@H]1OC(C)(C)C. The van der Waals surface area contributed by atoms with Gasteiger partial charge in [-0.05, 0) is 41.5 Å². The maximum Gasteiger partial charge on any atom is 0.0980 e. The van der Waals surface area contributed by atoms with E-state index in [-0.39, 0.29) is 23.4 Å². The summed E-state index contributed by atoms with van der Waals surface area (Å²) in [5, 5.41) is 3.32. The van der Waals surface area contributed by atoms with Gasteiger partial charge < -0.3 is 14.8 Å². The molecule has 3 nitrogen and oxygen atoms in total. The first-order chi connectivity index (χ1) is 6.67. The summed E-state index contributed by atoms with van der Waals surface area (Å²) in [5.41, 5.74) is -0.202. The number of ether oxygens (including phenoxy) is 2. The standard InChI is InChI=1S/C12H25NO2/c1-11(2,3)14-9-7-13-8-10(9)15-12(4,5)6/h9-10,13H,7-8H2,1-6H3/t9-,10-/m1/s1. The quantitative estimate of drug-likeness (QED) is 0.764. The van der Waals surface area contributed by atoms with Crippen LogP contribution >= 0.6 is 0 Å². The molecule has 1 heterocycles. The molecule has 0 saturated carbocycles. The molecule has 1 N–H and O–H groups in total. The highest BCUT2D eigenvalue weighted by Gasteiger charge is 2.34. The lowest BCUT2D eigenvalue weighted by atomic mass is 10.1. The van der Waals surface area contributed by atoms with E-state index in [2.05, 4.69) is 46.9 Å². The van der Waals surface area contributed by atoms with E-state index in [9.17, 15) is 0 Å². The van der Waals surface area contributed by atoms with Crippen LogP contribution in [0, 0.1) is 0 Å². The van der Waals surface area contributed by atoms with Crippen LogP contribution in [0.2, 0.25) is 0 Å². The van der Waals surface area contributed by atoms with Crippen molar-refractivity contribution >= 4 is 0 Å². The highest BCUT2D eigenvalue weighted by molar-refractivity contribution is 4.86. The van der Waals surface area contributed by atoms with Crippen LogP contribution < -0.4 is 5.32 Å². The fraction of sp³-hybridized carbons (Fsp3) is 1.00. The van der Waals surface area contributed by atoms with Gasteiger partial charge in [0.25, 0.3) is 0 Å². The number of hydrogen-bond donors (Lipinski definition) is 1. The van der Waals surface area contributed by atoms with E-state index in [1.807, 2.05) is 0 Å². The Morgan fingerprint density at radius 2 is 1.13 bits per heavy atom. The normalized spacial score (nSPS) is 28.4. The maximum absolute atomic E-state index is 5.97. The molecule has 0 unspecified atom stereocenters. The van der Waals surface area contributed by atoms with Crippen molar-refractivity contribution in [1.82, 2.24) is 5.32 Å². The predicted octanol–water partition coefficient (Wildman–Crippen LogP) is 1.96. The first-order valence-corrected chi connectivity index (χ1v) is 5.74. The highest BCUT2D eigenvalue weighted by Crippen LogP contribution is 2.21. The van der Waals surface area contributed by atoms with Gasteiger partial charge in [0.15, 0.2) is 0 Å². The number of rotatable bonds is 2. The van der Waals surface area contributed by atoms with Gasteiger partial charge >= 0.3 is 0 Å². The molecule has 0 radical (unpaired) electrons. The molecule has 90 valence electrons. The van der Waals surface area contributed by atoms with E-state index in [0.29, 0.717) is 0 Å². The van der Waals surface area contributed by atoms with E-state index in [1.165, 1.54) is 0 Å². The zero-order chi connectivity index (χ0) is 11.7. The Bertz CT molecular complexity index is 181. The molecule has 2 atom stereocenters. The van der Waals surface area contributed by atoms with Crippen molar-refractivity contribution in [2.75, 3.05) is 13.1 Å². The third kappa shape index (κ3) is 4.96. The van der Waals surface area contributed by atoms with Crippen LogP contribution in [-0.4, -0.2) is 36.5 Å². The van der Waals surface area contributed by atoms with Crippen LogP contribution in [-0.2, 0) is 9.47 Å². The van der Waals surface area contributed by atoms with Crippen molar-refractivity contribution in [3.63, 3.8) is 0 Å². The largest absolute Gasteiger partial charge is 0.369 e. The third-order valence-corrected chi connectivity index (χ3v) is 2.12. The van der Waals surface area contributed by atoms with Gasteiger partial charge in [-0.3, -0.25) is 0 Å². The zero-order valence-electron chi connectivity index (χ0n) is 10.9. The lowest BCUT2D eigenvalue weighted by Crippen LogP contribution is -2.40. The van der Waals surface area contributed by atoms with Crippen molar-refractivity contribution in [2.45, 2.75) is 65.0 Å². The second-order valence-electron chi connectivity index (χ2n) is 6.20. The minimum atomic E-state index is -0.101. The Morgan fingerprint density at radius 3 is 1.40 bits per heavy atom. The first kappa shape index (κ1) is 12.9. The Kier molecular flexibility index (Phi) is 3.80. The van der Waals surface area contributed by atoms with Gasteiger partial charge in [0.05, 0.1) is 23.4 Å². The van der Waals surface area contributed by atoms with Gasteiger partial charge in [-0.25, -0.2) is 0 Å². The van der Waals surface area contributed by atoms with Gasteiger partial charge in [-0.15, -0.1) is 0 Å². The fourth-order valence-corrected chi connectivity index (χ4v) is 1.77. The highest BCUT2D eigenvalue weighted by atomic mass is 16.6. The summed E-state index contributed by atoms with van der Waals surface area (Å²) in [6, 6.07) is 0. The minimum Gasteiger partial charge on any atom is -0.369 e. The third-order valence-electron chi connectivity index (χ3n) is 2.12. The molecule has 0 bridgehead atoms. The maximum atomic E-state index is 5.97. The fourth-order valence-electron chi connectivity index (χ4n) is 1.77. The van der Waals surface area contributed by atoms with Gasteiger partial charge in [-0.2, -0.15) is 0 Å². The topological polar surface area (TPSA) is 30.5 Å². The van der Waals surface area contributed by atoms with Crippen molar-refractivity contribution in [3.8, 4) is 0 Å². The summed E-state index contributed by atoms with van der Waals surface area (Å²) < 4.78 is 11.9. The minimum absolute atomic E-state index is 0.101. The summed E-state index contributed by atoms with van der Waals surface area (Å²) in [6.07, 6.45) is 0.341. The molecule has 0 aliphatic carbocycles. The van der Waals surface area contributed by atoms with Crippen LogP contribution in [0.5, 0.6) is 0 Å². The van der Waals surface area contributed by atoms with Crippen molar-refractivity contribution in [2.24, 2.45) is 0 Å². The molecule has 0 aromatic heterocycles. The summed E-state index contributed by atoms with van der Waals surface area (Å²) in [7, 11) is 0. The molecule has 3 heteroatoms. The van der Waals surface area contributed by atoms with Crippen LogP contribution in [0.25, 0.3) is 0 Å². The van der Waals surface area contributed by atoms with Gasteiger partial charge in [-0.1, -0.05) is 0 Å². The predicted molar refractivity (Wildman–Crippen MR) is 62.1 cm³/mol. The summed E-state index contributed by atoms with van der Waals surface area (Å²) in [4.78, 5) is 0. The second kappa shape index (κ2) is 4.40. The monoisotopic (exact) mass is 215 g/mol. The molecule has 1 fully saturated rings. The summed E-state index contributed by atoms with van der Waals surface area (Å²) in [5.74, 6) is 0. The van der Waals surface area contributed by atoms with Crippen molar-refractivity contribution in [1.29, 1.82) is 0 Å². The van der Waals surface area contributed by atoms with Crippen molar-refractivity contribution < 1.29 is 9.47 Å². The molecular formula is C12H25NO2. The van der Waals surface area contributed by atoms with Crippen molar-refractivity contribution in [3.05, 3.63) is 0 Å². The van der Waals surface area contributed by atoms with E-state index in [4.69, 9.17) is 9.47 Å². The Morgan fingerprint density at radius 1 is 0.800 bits per heavy atom. The van der Waals surface area contributed by atoms with Crippen LogP contribution in [0.4, 0.5) is 0 Å². The van der Waals surface area contributed by atoms with Gasteiger partial charge in [0, 0.05) is 13.1 Å². The van der Waals surface area contributed by atoms with E-state index < -0.39 is 0 Å². The Hall–Kier alpha value is -0.120. The van der Waals surface area contributed by atoms with E-state index in [0.717, 1.165) is 13.1 Å². The number of nitrogens with one attached hydrogen (secondary N) is 1. The summed E-state index contributed by atoms with van der Waals surface area (Å²) in [6.45, 7) is 14.3. The second-order valence-corrected chi connectivity index (χ2v) is 6.20. The Labute approximate surface area is 93.5 Å². The van der Waals surface area contributed by atoms with Gasteiger partial charge in [0.1, 0.15) is 0 Å². The van der Waals surface area contributed by atoms with E-state index >= 15 is 0 Å². The Balaban J connectivity index is 2.50. The first-order valence-electron chi connectivity index (χ1n) is 5.74. The molecule has 1 rings (SSSR count). The number of hydrogen-bond acceptors (Lipinski definition) is 3. The molecule has 1 aliphatic rings. The van der Waals surface area contributed by atoms with E-state index in [1.54, 1.807) is 0 Å². The molecular weight excluding hydrogens is 190 g/mol. The zero-order valence-corrected chi connectivity index (χ0v) is 10.9. The van der Waals surface area contributed by atoms with Crippen LogP contribution in [0.1, 0.15) is 41.5 Å². The van der Waals surface area contributed by atoms with Crippen LogP contribution in [0.3, 0.4) is 0 Å². The molecule has 0 aromatic carbocycles. The lowest BCUT2D eigenvalue weighted by Gasteiger charge is -2.32. The molecule has 0 aromatic rings. The molecule has 1 aliphatic heterocycles. The molecule has 0 spiro atoms. The molecule has 0 amide bonds. The smallest absolute Gasteiger partial charge is 0.0980 e.